The summed E-state index contributed by atoms with van der Waals surface area (Å²) in [5.74, 6) is 1.40. The highest BCUT2D eigenvalue weighted by atomic mass is 16.5. The maximum atomic E-state index is 13.7. The molecule has 41 heavy (non-hydrogen) atoms. The third kappa shape index (κ3) is 7.20. The van der Waals surface area contributed by atoms with Crippen LogP contribution in [0.4, 0.5) is 17.1 Å². The van der Waals surface area contributed by atoms with E-state index in [9.17, 15) is 9.59 Å². The number of carbonyl (C=O) groups is 2. The first-order valence-electron chi connectivity index (χ1n) is 14.9. The second kappa shape index (κ2) is 13.6. The Balaban J connectivity index is 1.32. The highest BCUT2D eigenvalue weighted by Gasteiger charge is 2.25. The van der Waals surface area contributed by atoms with Crippen molar-refractivity contribution in [2.24, 2.45) is 5.92 Å². The van der Waals surface area contributed by atoms with Crippen molar-refractivity contribution in [1.29, 1.82) is 0 Å². The normalized spacial score (nSPS) is 16.3. The van der Waals surface area contributed by atoms with E-state index in [1.54, 1.807) is 7.11 Å². The third-order valence-electron chi connectivity index (χ3n) is 8.47. The molecule has 216 valence electrons. The summed E-state index contributed by atoms with van der Waals surface area (Å²) >= 11 is 0. The van der Waals surface area contributed by atoms with Crippen LogP contribution < -0.4 is 25.2 Å². The fraction of sp³-hybridized carbons (Fsp3) is 0.412. The lowest BCUT2D eigenvalue weighted by atomic mass is 10.0. The number of benzene rings is 3. The van der Waals surface area contributed by atoms with E-state index >= 15 is 0 Å². The molecule has 1 unspecified atom stereocenters. The van der Waals surface area contributed by atoms with Crippen molar-refractivity contribution in [2.45, 2.75) is 51.5 Å². The zero-order valence-corrected chi connectivity index (χ0v) is 24.3. The summed E-state index contributed by atoms with van der Waals surface area (Å²) in [6.45, 7) is 5.13. The zero-order valence-electron chi connectivity index (χ0n) is 24.3. The van der Waals surface area contributed by atoms with E-state index in [0.717, 1.165) is 55.3 Å². The minimum absolute atomic E-state index is 0.0130. The predicted molar refractivity (Wildman–Crippen MR) is 166 cm³/mol. The molecule has 1 atom stereocenters. The summed E-state index contributed by atoms with van der Waals surface area (Å²) in [7, 11) is 1.70. The molecular formula is C34H42N4O3. The van der Waals surface area contributed by atoms with Crippen molar-refractivity contribution in [2.75, 3.05) is 48.4 Å². The molecule has 1 aliphatic carbocycles. The molecule has 0 radical (unpaired) electrons. The Hall–Kier alpha value is -4.00. The Morgan fingerprint density at radius 3 is 2.24 bits per heavy atom. The Bertz CT molecular complexity index is 1310. The molecular weight excluding hydrogens is 512 g/mol. The molecule has 7 nitrogen and oxygen atoms in total. The van der Waals surface area contributed by atoms with Crippen LogP contribution in [0.25, 0.3) is 0 Å². The van der Waals surface area contributed by atoms with Crippen molar-refractivity contribution in [3.05, 3.63) is 83.9 Å². The minimum atomic E-state index is -0.149. The number of hydrogen-bond donors (Lipinski definition) is 2. The second-order valence-electron chi connectivity index (χ2n) is 11.2. The third-order valence-corrected chi connectivity index (χ3v) is 8.47. The quantitative estimate of drug-likeness (QED) is 0.303. The molecule has 2 fully saturated rings. The van der Waals surface area contributed by atoms with Crippen LogP contribution >= 0.6 is 0 Å². The van der Waals surface area contributed by atoms with Crippen LogP contribution in [-0.4, -0.2) is 45.1 Å². The number of hydrogen-bond acceptors (Lipinski definition) is 5. The number of amides is 2. The molecule has 0 aromatic heterocycles. The summed E-state index contributed by atoms with van der Waals surface area (Å²) in [6.07, 6.45) is 6.47. The van der Waals surface area contributed by atoms with Gasteiger partial charge in [0, 0.05) is 44.0 Å². The van der Waals surface area contributed by atoms with Gasteiger partial charge in [0.05, 0.1) is 24.4 Å². The first-order chi connectivity index (χ1) is 20.0. The van der Waals surface area contributed by atoms with E-state index in [1.807, 2.05) is 73.7 Å². The topological polar surface area (TPSA) is 73.9 Å². The van der Waals surface area contributed by atoms with Crippen molar-refractivity contribution < 1.29 is 14.3 Å². The largest absolute Gasteiger partial charge is 0.495 e. The molecule has 3 aromatic rings. The van der Waals surface area contributed by atoms with Crippen LogP contribution in [0.2, 0.25) is 0 Å². The predicted octanol–water partition coefficient (Wildman–Crippen LogP) is 6.42. The van der Waals surface area contributed by atoms with Gasteiger partial charge in [0.15, 0.2) is 0 Å². The average Bonchev–Trinajstić information content (AvgIpc) is 3.54. The number of ether oxygens (including phenoxy) is 1. The molecule has 0 bridgehead atoms. The van der Waals surface area contributed by atoms with E-state index in [0.29, 0.717) is 23.6 Å². The zero-order chi connectivity index (χ0) is 28.6. The van der Waals surface area contributed by atoms with Crippen molar-refractivity contribution in [1.82, 2.24) is 5.32 Å². The molecule has 1 heterocycles. The average molecular weight is 555 g/mol. The van der Waals surface area contributed by atoms with Gasteiger partial charge in [-0.3, -0.25) is 9.59 Å². The van der Waals surface area contributed by atoms with Crippen LogP contribution in [0, 0.1) is 5.92 Å². The van der Waals surface area contributed by atoms with Crippen LogP contribution in [0.1, 0.15) is 67.4 Å². The standard InChI is InChI=1S/C34H42N4O3/c1-25(27-12-4-3-5-13-27)35-34(40)29-24-28(36-33(39)19-16-26-10-6-7-11-26)17-18-30(29)37-20-22-38(23-21-37)31-14-8-9-15-32(31)41-2/h3-5,8-9,12-15,17-18,24-26H,6-7,10-11,16,19-23H2,1-2H3,(H,35,40)(H,36,39). The Morgan fingerprint density at radius 2 is 1.54 bits per heavy atom. The highest BCUT2D eigenvalue weighted by molar-refractivity contribution is 6.02. The van der Waals surface area contributed by atoms with Gasteiger partial charge in [0.25, 0.3) is 5.91 Å². The molecule has 0 spiro atoms. The number of nitrogens with zero attached hydrogens (tertiary/aromatic N) is 2. The maximum absolute atomic E-state index is 13.7. The highest BCUT2D eigenvalue weighted by Crippen LogP contribution is 2.32. The molecule has 2 aliphatic rings. The van der Waals surface area contributed by atoms with E-state index in [1.165, 1.54) is 25.7 Å². The van der Waals surface area contributed by atoms with Gasteiger partial charge in [-0.25, -0.2) is 0 Å². The summed E-state index contributed by atoms with van der Waals surface area (Å²) in [4.78, 5) is 31.1. The number of carbonyl (C=O) groups excluding carboxylic acids is 2. The second-order valence-corrected chi connectivity index (χ2v) is 11.2. The first kappa shape index (κ1) is 28.5. The van der Waals surface area contributed by atoms with Crippen LogP contribution in [-0.2, 0) is 4.79 Å². The van der Waals surface area contributed by atoms with Crippen molar-refractivity contribution in [3.63, 3.8) is 0 Å². The van der Waals surface area contributed by atoms with Crippen LogP contribution in [0.5, 0.6) is 5.75 Å². The molecule has 2 amide bonds. The molecule has 1 saturated heterocycles. The van der Waals surface area contributed by atoms with Crippen molar-refractivity contribution >= 4 is 28.9 Å². The summed E-state index contributed by atoms with van der Waals surface area (Å²) in [6, 6.07) is 23.6. The Labute approximate surface area is 243 Å². The fourth-order valence-corrected chi connectivity index (χ4v) is 6.11. The van der Waals surface area contributed by atoms with E-state index < -0.39 is 0 Å². The smallest absolute Gasteiger partial charge is 0.253 e. The number of nitrogens with one attached hydrogen (secondary N) is 2. The Kier molecular flexibility index (Phi) is 9.44. The van der Waals surface area contributed by atoms with Gasteiger partial charge < -0.3 is 25.2 Å². The first-order valence-corrected chi connectivity index (χ1v) is 14.9. The summed E-state index contributed by atoms with van der Waals surface area (Å²) < 4.78 is 5.58. The lowest BCUT2D eigenvalue weighted by Gasteiger charge is -2.38. The van der Waals surface area contributed by atoms with Crippen molar-refractivity contribution in [3.8, 4) is 5.75 Å². The molecule has 5 rings (SSSR count). The lowest BCUT2D eigenvalue weighted by molar-refractivity contribution is -0.116. The summed E-state index contributed by atoms with van der Waals surface area (Å²) in [5.41, 5.74) is 4.25. The van der Waals surface area contributed by atoms with E-state index in [4.69, 9.17) is 4.74 Å². The molecule has 1 aliphatic heterocycles. The van der Waals surface area contributed by atoms with Gasteiger partial charge in [0.1, 0.15) is 5.75 Å². The molecule has 7 heteroatoms. The Morgan fingerprint density at radius 1 is 0.878 bits per heavy atom. The minimum Gasteiger partial charge on any atom is -0.495 e. The molecule has 3 aromatic carbocycles. The van der Waals surface area contributed by atoms with Gasteiger partial charge in [-0.05, 0) is 55.2 Å². The monoisotopic (exact) mass is 554 g/mol. The van der Waals surface area contributed by atoms with Gasteiger partial charge in [-0.15, -0.1) is 0 Å². The summed E-state index contributed by atoms with van der Waals surface area (Å²) in [5, 5.41) is 6.24. The maximum Gasteiger partial charge on any atom is 0.253 e. The lowest BCUT2D eigenvalue weighted by Crippen LogP contribution is -2.47. The SMILES string of the molecule is COc1ccccc1N1CCN(c2ccc(NC(=O)CCC3CCCC3)cc2C(=O)NC(C)c2ccccc2)CC1. The molecule has 2 N–H and O–H groups in total. The van der Waals surface area contributed by atoms with Crippen LogP contribution in [0.15, 0.2) is 72.8 Å². The number of piperazine rings is 1. The number of rotatable bonds is 10. The molecule has 1 saturated carbocycles. The van der Waals surface area contributed by atoms with Gasteiger partial charge in [-0.2, -0.15) is 0 Å². The van der Waals surface area contributed by atoms with Gasteiger partial charge >= 0.3 is 0 Å². The van der Waals surface area contributed by atoms with Gasteiger partial charge in [-0.1, -0.05) is 68.1 Å². The van der Waals surface area contributed by atoms with Gasteiger partial charge in [0.2, 0.25) is 5.91 Å². The number of para-hydroxylation sites is 2. The van der Waals surface area contributed by atoms with E-state index in [2.05, 4.69) is 26.5 Å². The fourth-order valence-electron chi connectivity index (χ4n) is 6.11. The van der Waals surface area contributed by atoms with E-state index in [-0.39, 0.29) is 17.9 Å². The number of anilines is 3. The van der Waals surface area contributed by atoms with Crippen LogP contribution in [0.3, 0.4) is 0 Å². The number of methoxy groups -OCH3 is 1.